The zero-order chi connectivity index (χ0) is 16.2. The van der Waals surface area contributed by atoms with Crippen molar-refractivity contribution in [1.29, 1.82) is 0 Å². The smallest absolute Gasteiger partial charge is 0.230 e. The zero-order valence-corrected chi connectivity index (χ0v) is 13.0. The van der Waals surface area contributed by atoms with Crippen molar-refractivity contribution in [1.82, 2.24) is 20.0 Å². The van der Waals surface area contributed by atoms with E-state index in [0.29, 0.717) is 37.0 Å². The zero-order valence-electron chi connectivity index (χ0n) is 13.0. The molecule has 23 heavy (non-hydrogen) atoms. The lowest BCUT2D eigenvalue weighted by Crippen LogP contribution is -2.48. The largest absolute Gasteiger partial charge is 0.424 e. The average molecular weight is 318 g/mol. The molecule has 0 N–H and O–H groups in total. The van der Waals surface area contributed by atoms with Crippen LogP contribution < -0.4 is 0 Å². The van der Waals surface area contributed by atoms with Crippen molar-refractivity contribution in [3.8, 4) is 0 Å². The fraction of sp³-hybridized carbons (Fsp3) is 0.438. The highest BCUT2D eigenvalue weighted by Crippen LogP contribution is 2.10. The Kier molecular flexibility index (Phi) is 4.66. The van der Waals surface area contributed by atoms with Crippen molar-refractivity contribution in [2.75, 3.05) is 26.2 Å². The fourth-order valence-corrected chi connectivity index (χ4v) is 2.68. The Hall–Kier alpha value is -2.28. The Balaban J connectivity index is 1.49. The standard InChI is InChI=1S/C16H19FN4O2/c1-12-18-19-15(23-12)11-20-5-7-21(8-6-20)16(22)10-13-3-2-4-14(17)9-13/h2-4,9H,5-8,10-11H2,1H3. The number of aryl methyl sites for hydroxylation is 1. The average Bonchev–Trinajstić information content (AvgIpc) is 2.93. The third-order valence-corrected chi connectivity index (χ3v) is 3.90. The summed E-state index contributed by atoms with van der Waals surface area (Å²) in [5.41, 5.74) is 0.707. The van der Waals surface area contributed by atoms with Gasteiger partial charge in [0.2, 0.25) is 17.7 Å². The molecule has 7 heteroatoms. The van der Waals surface area contributed by atoms with Crippen LogP contribution in [-0.4, -0.2) is 52.1 Å². The van der Waals surface area contributed by atoms with Crippen LogP contribution >= 0.6 is 0 Å². The number of amides is 1. The summed E-state index contributed by atoms with van der Waals surface area (Å²) in [7, 11) is 0. The summed E-state index contributed by atoms with van der Waals surface area (Å²) in [5.74, 6) is 0.879. The highest BCUT2D eigenvalue weighted by molar-refractivity contribution is 5.78. The molecule has 0 atom stereocenters. The minimum Gasteiger partial charge on any atom is -0.424 e. The number of halogens is 1. The monoisotopic (exact) mass is 318 g/mol. The Labute approximate surface area is 133 Å². The van der Waals surface area contributed by atoms with Crippen molar-refractivity contribution in [3.63, 3.8) is 0 Å². The van der Waals surface area contributed by atoms with E-state index in [-0.39, 0.29) is 18.1 Å². The van der Waals surface area contributed by atoms with Gasteiger partial charge in [-0.2, -0.15) is 0 Å². The number of benzene rings is 1. The molecule has 0 radical (unpaired) electrons. The van der Waals surface area contributed by atoms with E-state index in [1.807, 2.05) is 4.90 Å². The molecule has 1 fully saturated rings. The van der Waals surface area contributed by atoms with Gasteiger partial charge >= 0.3 is 0 Å². The number of hydrogen-bond donors (Lipinski definition) is 0. The lowest BCUT2D eigenvalue weighted by atomic mass is 10.1. The second kappa shape index (κ2) is 6.87. The quantitative estimate of drug-likeness (QED) is 0.853. The molecular weight excluding hydrogens is 299 g/mol. The van der Waals surface area contributed by atoms with Crippen LogP contribution in [0.5, 0.6) is 0 Å². The molecule has 1 amide bonds. The molecule has 0 unspecified atom stereocenters. The molecule has 0 saturated carbocycles. The van der Waals surface area contributed by atoms with Gasteiger partial charge in [-0.05, 0) is 17.7 Å². The van der Waals surface area contributed by atoms with Crippen LogP contribution in [0.25, 0.3) is 0 Å². The molecule has 6 nitrogen and oxygen atoms in total. The third-order valence-electron chi connectivity index (χ3n) is 3.90. The van der Waals surface area contributed by atoms with Gasteiger partial charge in [-0.15, -0.1) is 10.2 Å². The first-order chi connectivity index (χ1) is 11.1. The topological polar surface area (TPSA) is 62.5 Å². The first-order valence-corrected chi connectivity index (χ1v) is 7.64. The van der Waals surface area contributed by atoms with Gasteiger partial charge in [-0.1, -0.05) is 12.1 Å². The molecule has 2 heterocycles. The van der Waals surface area contributed by atoms with E-state index in [2.05, 4.69) is 15.1 Å². The molecule has 2 aromatic rings. The van der Waals surface area contributed by atoms with Crippen LogP contribution in [0.4, 0.5) is 4.39 Å². The number of rotatable bonds is 4. The summed E-state index contributed by atoms with van der Waals surface area (Å²) in [5, 5.41) is 7.79. The maximum absolute atomic E-state index is 13.2. The summed E-state index contributed by atoms with van der Waals surface area (Å²) in [6.07, 6.45) is 0.237. The molecule has 0 bridgehead atoms. The van der Waals surface area contributed by atoms with E-state index >= 15 is 0 Å². The summed E-state index contributed by atoms with van der Waals surface area (Å²) in [6.45, 7) is 5.20. The van der Waals surface area contributed by atoms with Crippen LogP contribution in [0.1, 0.15) is 17.3 Å². The highest BCUT2D eigenvalue weighted by atomic mass is 19.1. The van der Waals surface area contributed by atoms with Crippen molar-refractivity contribution in [3.05, 3.63) is 47.4 Å². The Bertz CT molecular complexity index is 680. The number of nitrogens with zero attached hydrogens (tertiary/aromatic N) is 4. The SMILES string of the molecule is Cc1nnc(CN2CCN(C(=O)Cc3cccc(F)c3)CC2)o1. The Morgan fingerprint density at radius 1 is 1.26 bits per heavy atom. The summed E-state index contributed by atoms with van der Waals surface area (Å²) in [4.78, 5) is 16.3. The molecule has 1 aliphatic rings. The van der Waals surface area contributed by atoms with E-state index in [9.17, 15) is 9.18 Å². The predicted molar refractivity (Wildman–Crippen MR) is 81.0 cm³/mol. The Morgan fingerprint density at radius 3 is 2.70 bits per heavy atom. The van der Waals surface area contributed by atoms with Gasteiger partial charge in [0.25, 0.3) is 0 Å². The predicted octanol–water partition coefficient (Wildman–Crippen LogP) is 1.40. The van der Waals surface area contributed by atoms with Crippen LogP contribution in [-0.2, 0) is 17.8 Å². The third kappa shape index (κ3) is 4.13. The van der Waals surface area contributed by atoms with Crippen LogP contribution in [0, 0.1) is 12.7 Å². The number of hydrogen-bond acceptors (Lipinski definition) is 5. The number of piperazine rings is 1. The van der Waals surface area contributed by atoms with Crippen LogP contribution in [0.2, 0.25) is 0 Å². The molecule has 0 spiro atoms. The van der Waals surface area contributed by atoms with E-state index < -0.39 is 0 Å². The molecule has 0 aliphatic carbocycles. The lowest BCUT2D eigenvalue weighted by molar-refractivity contribution is -0.132. The molecule has 1 aromatic carbocycles. The second-order valence-corrected chi connectivity index (χ2v) is 5.68. The minimum atomic E-state index is -0.310. The van der Waals surface area contributed by atoms with Gasteiger partial charge < -0.3 is 9.32 Å². The van der Waals surface area contributed by atoms with E-state index in [4.69, 9.17) is 4.42 Å². The van der Waals surface area contributed by atoms with Crippen LogP contribution in [0.3, 0.4) is 0 Å². The van der Waals surface area contributed by atoms with Gasteiger partial charge in [-0.25, -0.2) is 4.39 Å². The van der Waals surface area contributed by atoms with Crippen molar-refractivity contribution >= 4 is 5.91 Å². The second-order valence-electron chi connectivity index (χ2n) is 5.68. The summed E-state index contributed by atoms with van der Waals surface area (Å²) in [6, 6.07) is 6.19. The van der Waals surface area contributed by atoms with Gasteiger partial charge in [0.1, 0.15) is 5.82 Å². The summed E-state index contributed by atoms with van der Waals surface area (Å²) < 4.78 is 18.5. The van der Waals surface area contributed by atoms with Gasteiger partial charge in [0, 0.05) is 33.1 Å². The lowest BCUT2D eigenvalue weighted by Gasteiger charge is -2.34. The number of carbonyl (C=O) groups is 1. The number of carbonyl (C=O) groups excluding carboxylic acids is 1. The molecule has 1 aromatic heterocycles. The highest BCUT2D eigenvalue weighted by Gasteiger charge is 2.22. The number of aromatic nitrogens is 2. The van der Waals surface area contributed by atoms with E-state index in [1.165, 1.54) is 12.1 Å². The van der Waals surface area contributed by atoms with Gasteiger partial charge in [0.05, 0.1) is 13.0 Å². The first kappa shape index (κ1) is 15.6. The van der Waals surface area contributed by atoms with Gasteiger partial charge in [0.15, 0.2) is 0 Å². The molecular formula is C16H19FN4O2. The van der Waals surface area contributed by atoms with E-state index in [1.54, 1.807) is 19.1 Å². The first-order valence-electron chi connectivity index (χ1n) is 7.64. The van der Waals surface area contributed by atoms with E-state index in [0.717, 1.165) is 13.1 Å². The van der Waals surface area contributed by atoms with Gasteiger partial charge in [-0.3, -0.25) is 9.69 Å². The Morgan fingerprint density at radius 2 is 2.04 bits per heavy atom. The molecule has 1 saturated heterocycles. The molecule has 122 valence electrons. The van der Waals surface area contributed by atoms with Crippen molar-refractivity contribution in [2.45, 2.75) is 19.9 Å². The van der Waals surface area contributed by atoms with Crippen molar-refractivity contribution in [2.24, 2.45) is 0 Å². The maximum atomic E-state index is 13.2. The normalized spacial score (nSPS) is 15.8. The molecule has 1 aliphatic heterocycles. The fourth-order valence-electron chi connectivity index (χ4n) is 2.68. The minimum absolute atomic E-state index is 0.0314. The van der Waals surface area contributed by atoms with Crippen molar-refractivity contribution < 1.29 is 13.6 Å². The van der Waals surface area contributed by atoms with Crippen LogP contribution in [0.15, 0.2) is 28.7 Å². The summed E-state index contributed by atoms with van der Waals surface area (Å²) >= 11 is 0. The molecule has 3 rings (SSSR count). The maximum Gasteiger partial charge on any atom is 0.230 e.